The summed E-state index contributed by atoms with van der Waals surface area (Å²) in [4.78, 5) is 0. The monoisotopic (exact) mass is 288 g/mol. The van der Waals surface area contributed by atoms with E-state index in [-0.39, 0.29) is 12.6 Å². The molecule has 2 aromatic rings. The zero-order valence-electron chi connectivity index (χ0n) is 9.76. The Balaban J connectivity index is 2.05. The lowest BCUT2D eigenvalue weighted by Gasteiger charge is -2.12. The highest BCUT2D eigenvalue weighted by Gasteiger charge is 2.14. The lowest BCUT2D eigenvalue weighted by molar-refractivity contribution is 0.269. The van der Waals surface area contributed by atoms with Gasteiger partial charge in [0, 0.05) is 5.02 Å². The Kier molecular flexibility index (Phi) is 4.34. The molecule has 0 radical (unpaired) electrons. The number of nitrogens with zero attached hydrogens (tertiary/aromatic N) is 1. The Bertz CT molecular complexity index is 532. The van der Waals surface area contributed by atoms with Crippen LogP contribution in [0.3, 0.4) is 0 Å². The van der Waals surface area contributed by atoms with Crippen molar-refractivity contribution in [3.05, 3.63) is 23.2 Å². The molecule has 98 valence electrons. The highest BCUT2D eigenvalue weighted by molar-refractivity contribution is 7.90. The first-order valence-corrected chi connectivity index (χ1v) is 7.40. The summed E-state index contributed by atoms with van der Waals surface area (Å²) in [5.41, 5.74) is 6.36. The standard InChI is InChI=1S/C11H13ClN2O3S/c1-18(15)6-8(13)5-16-11-9-4-7(12)2-3-10(9)17-14-11/h2-4,8H,5-6,13H2,1H3. The number of rotatable bonds is 5. The van der Waals surface area contributed by atoms with Crippen molar-refractivity contribution in [1.29, 1.82) is 0 Å². The number of fused-ring (bicyclic) bond motifs is 1. The van der Waals surface area contributed by atoms with Gasteiger partial charge in [0.2, 0.25) is 0 Å². The third-order valence-corrected chi connectivity index (χ3v) is 3.41. The van der Waals surface area contributed by atoms with Crippen molar-refractivity contribution in [2.75, 3.05) is 18.6 Å². The second-order valence-electron chi connectivity index (χ2n) is 3.94. The van der Waals surface area contributed by atoms with Crippen LogP contribution in [0.2, 0.25) is 5.02 Å². The number of hydrogen-bond donors (Lipinski definition) is 1. The quantitative estimate of drug-likeness (QED) is 0.844. The molecule has 0 bridgehead atoms. The van der Waals surface area contributed by atoms with Gasteiger partial charge in [-0.1, -0.05) is 22.8 Å². The number of benzene rings is 1. The van der Waals surface area contributed by atoms with Gasteiger partial charge in [0.15, 0.2) is 5.58 Å². The van der Waals surface area contributed by atoms with Crippen LogP contribution < -0.4 is 10.5 Å². The van der Waals surface area contributed by atoms with Gasteiger partial charge in [-0.2, -0.15) is 0 Å². The van der Waals surface area contributed by atoms with Gasteiger partial charge >= 0.3 is 0 Å². The SMILES string of the molecule is C[S+]([O-])CC(N)COc1noc2ccc(Cl)cc12. The molecule has 1 heterocycles. The molecule has 0 saturated carbocycles. The second-order valence-corrected chi connectivity index (χ2v) is 5.86. The van der Waals surface area contributed by atoms with Crippen molar-refractivity contribution in [3.63, 3.8) is 0 Å². The van der Waals surface area contributed by atoms with E-state index in [4.69, 9.17) is 26.6 Å². The van der Waals surface area contributed by atoms with E-state index in [1.165, 1.54) is 0 Å². The predicted octanol–water partition coefficient (Wildman–Crippen LogP) is 1.57. The molecule has 2 atom stereocenters. The molecule has 2 rings (SSSR count). The smallest absolute Gasteiger partial charge is 0.262 e. The van der Waals surface area contributed by atoms with E-state index in [0.717, 1.165) is 0 Å². The van der Waals surface area contributed by atoms with E-state index in [9.17, 15) is 4.55 Å². The van der Waals surface area contributed by atoms with Crippen molar-refractivity contribution in [2.45, 2.75) is 6.04 Å². The molecule has 2 N–H and O–H groups in total. The zero-order chi connectivity index (χ0) is 13.1. The molecular formula is C11H13ClN2O3S. The fourth-order valence-electron chi connectivity index (χ4n) is 1.53. The van der Waals surface area contributed by atoms with Gasteiger partial charge in [0.1, 0.15) is 12.4 Å². The summed E-state index contributed by atoms with van der Waals surface area (Å²) in [6, 6.07) is 4.84. The minimum absolute atomic E-state index is 0.230. The molecule has 0 saturated heterocycles. The van der Waals surface area contributed by atoms with Gasteiger partial charge in [-0.15, -0.1) is 0 Å². The van der Waals surface area contributed by atoms with Gasteiger partial charge in [0.05, 0.1) is 17.7 Å². The van der Waals surface area contributed by atoms with E-state index in [0.29, 0.717) is 27.6 Å². The van der Waals surface area contributed by atoms with Gasteiger partial charge in [-0.05, 0) is 23.4 Å². The van der Waals surface area contributed by atoms with Crippen LogP contribution in [0, 0.1) is 0 Å². The van der Waals surface area contributed by atoms with Crippen molar-refractivity contribution < 1.29 is 13.8 Å². The summed E-state index contributed by atoms with van der Waals surface area (Å²) in [7, 11) is 0. The Morgan fingerprint density at radius 2 is 2.39 bits per heavy atom. The summed E-state index contributed by atoms with van der Waals surface area (Å²) in [6.07, 6.45) is 1.60. The first-order chi connectivity index (χ1) is 8.56. The van der Waals surface area contributed by atoms with Crippen molar-refractivity contribution >= 4 is 33.7 Å². The summed E-state index contributed by atoms with van der Waals surface area (Å²) < 4.78 is 21.5. The van der Waals surface area contributed by atoms with Gasteiger partial charge in [0.25, 0.3) is 5.88 Å². The molecule has 1 aromatic heterocycles. The minimum Gasteiger partial charge on any atom is -0.617 e. The number of aromatic nitrogens is 1. The maximum absolute atomic E-state index is 11.0. The molecule has 7 heteroatoms. The van der Waals surface area contributed by atoms with Crippen LogP contribution in [-0.2, 0) is 11.2 Å². The number of nitrogens with two attached hydrogens (primary N) is 1. The highest BCUT2D eigenvalue weighted by Crippen LogP contribution is 2.27. The summed E-state index contributed by atoms with van der Waals surface area (Å²) in [5, 5.41) is 5.08. The van der Waals surface area contributed by atoms with Crippen molar-refractivity contribution in [3.8, 4) is 5.88 Å². The zero-order valence-corrected chi connectivity index (χ0v) is 11.3. The van der Waals surface area contributed by atoms with E-state index in [1.807, 2.05) is 0 Å². The predicted molar refractivity (Wildman–Crippen MR) is 71.4 cm³/mol. The van der Waals surface area contributed by atoms with E-state index < -0.39 is 11.2 Å². The maximum Gasteiger partial charge on any atom is 0.262 e. The Morgan fingerprint density at radius 1 is 1.61 bits per heavy atom. The van der Waals surface area contributed by atoms with Crippen LogP contribution in [0.4, 0.5) is 0 Å². The average Bonchev–Trinajstić information content (AvgIpc) is 2.68. The van der Waals surface area contributed by atoms with Crippen LogP contribution in [0.1, 0.15) is 0 Å². The summed E-state index contributed by atoms with van der Waals surface area (Å²) in [6.45, 7) is 0.230. The van der Waals surface area contributed by atoms with Gasteiger partial charge < -0.3 is 19.5 Å². The van der Waals surface area contributed by atoms with E-state index in [1.54, 1.807) is 24.5 Å². The fraction of sp³-hybridized carbons (Fsp3) is 0.364. The molecule has 18 heavy (non-hydrogen) atoms. The highest BCUT2D eigenvalue weighted by atomic mass is 35.5. The van der Waals surface area contributed by atoms with Crippen LogP contribution in [0.25, 0.3) is 11.0 Å². The molecule has 0 amide bonds. The molecule has 0 aliphatic carbocycles. The van der Waals surface area contributed by atoms with Gasteiger partial charge in [-0.25, -0.2) is 0 Å². The van der Waals surface area contributed by atoms with Crippen molar-refractivity contribution in [2.24, 2.45) is 5.73 Å². The van der Waals surface area contributed by atoms with Crippen molar-refractivity contribution in [1.82, 2.24) is 5.16 Å². The molecule has 0 spiro atoms. The first-order valence-electron chi connectivity index (χ1n) is 5.29. The Labute approximate surface area is 112 Å². The lowest BCUT2D eigenvalue weighted by atomic mass is 10.2. The maximum atomic E-state index is 11.0. The molecule has 0 fully saturated rings. The third-order valence-electron chi connectivity index (χ3n) is 2.28. The number of ether oxygens (including phenoxy) is 1. The topological polar surface area (TPSA) is 84.3 Å². The van der Waals surface area contributed by atoms with E-state index >= 15 is 0 Å². The summed E-state index contributed by atoms with van der Waals surface area (Å²) in [5.74, 6) is 0.737. The Hall–Kier alpha value is -0.950. The molecule has 2 unspecified atom stereocenters. The fourth-order valence-corrected chi connectivity index (χ4v) is 2.40. The summed E-state index contributed by atoms with van der Waals surface area (Å²) >= 11 is 4.94. The largest absolute Gasteiger partial charge is 0.617 e. The van der Waals surface area contributed by atoms with E-state index in [2.05, 4.69) is 5.16 Å². The van der Waals surface area contributed by atoms with Crippen LogP contribution in [-0.4, -0.2) is 34.4 Å². The number of halogens is 1. The normalized spacial score (nSPS) is 14.7. The van der Waals surface area contributed by atoms with Gasteiger partial charge in [-0.3, -0.25) is 0 Å². The van der Waals surface area contributed by atoms with Crippen LogP contribution >= 0.6 is 11.6 Å². The second kappa shape index (κ2) is 5.79. The molecule has 5 nitrogen and oxygen atoms in total. The molecule has 1 aromatic carbocycles. The Morgan fingerprint density at radius 3 is 3.11 bits per heavy atom. The number of hydrogen-bond acceptors (Lipinski definition) is 5. The lowest BCUT2D eigenvalue weighted by Crippen LogP contribution is -2.35. The minimum atomic E-state index is -0.945. The average molecular weight is 289 g/mol. The van der Waals surface area contributed by atoms with Crippen LogP contribution in [0.5, 0.6) is 5.88 Å². The third kappa shape index (κ3) is 3.29. The molecular weight excluding hydrogens is 276 g/mol. The molecule has 0 aliphatic rings. The molecule has 0 aliphatic heterocycles. The van der Waals surface area contributed by atoms with Crippen LogP contribution in [0.15, 0.2) is 22.7 Å². The first kappa shape index (κ1) is 13.5.